The third-order valence-electron chi connectivity index (χ3n) is 6.69. The first-order valence-electron chi connectivity index (χ1n) is 11.4. The van der Waals surface area contributed by atoms with Crippen LogP contribution in [-0.2, 0) is 11.2 Å². The molecule has 3 aromatic carbocycles. The number of carbonyl (C=O) groups excluding carboxylic acids is 2. The van der Waals surface area contributed by atoms with E-state index in [1.807, 2.05) is 66.9 Å². The lowest BCUT2D eigenvalue weighted by atomic mass is 9.79. The van der Waals surface area contributed by atoms with Gasteiger partial charge in [0.05, 0.1) is 19.1 Å². The van der Waals surface area contributed by atoms with Crippen LogP contribution in [0.5, 0.6) is 5.75 Å². The fraction of sp³-hybridized carbons (Fsp3) is 0.214. The lowest BCUT2D eigenvalue weighted by molar-refractivity contribution is -0.124. The van der Waals surface area contributed by atoms with Crippen molar-refractivity contribution in [2.24, 2.45) is 0 Å². The van der Waals surface area contributed by atoms with E-state index < -0.39 is 12.0 Å². The second kappa shape index (κ2) is 9.06. The van der Waals surface area contributed by atoms with Gasteiger partial charge in [0.15, 0.2) is 0 Å². The molecule has 0 radical (unpaired) electrons. The molecule has 1 aliphatic heterocycles. The largest absolute Gasteiger partial charge is 0.497 e. The molecule has 1 aromatic heterocycles. The highest BCUT2D eigenvalue weighted by molar-refractivity contribution is 6.01. The zero-order valence-electron chi connectivity index (χ0n) is 19.2. The Morgan fingerprint density at radius 1 is 1.03 bits per heavy atom. The second-order valence-electron chi connectivity index (χ2n) is 8.60. The minimum Gasteiger partial charge on any atom is -0.497 e. The van der Waals surface area contributed by atoms with Crippen molar-refractivity contribution in [2.45, 2.75) is 18.4 Å². The number of rotatable bonds is 6. The van der Waals surface area contributed by atoms with Gasteiger partial charge >= 0.3 is 0 Å². The molecule has 172 valence electrons. The van der Waals surface area contributed by atoms with Gasteiger partial charge in [-0.25, -0.2) is 0 Å². The predicted molar refractivity (Wildman–Crippen MR) is 132 cm³/mol. The van der Waals surface area contributed by atoms with E-state index in [4.69, 9.17) is 4.74 Å². The molecule has 0 bridgehead atoms. The first-order chi connectivity index (χ1) is 16.6. The SMILES string of the molecule is COc1ccc([C@@H]2[C@H](C(=O)NCCc3c[nH]c4ccccc34)c3ccccc3C(=O)N2C)cc1. The van der Waals surface area contributed by atoms with Gasteiger partial charge in [-0.3, -0.25) is 9.59 Å². The van der Waals surface area contributed by atoms with E-state index in [1.54, 1.807) is 25.1 Å². The van der Waals surface area contributed by atoms with Gasteiger partial charge in [-0.1, -0.05) is 48.5 Å². The molecule has 0 aliphatic carbocycles. The van der Waals surface area contributed by atoms with Crippen LogP contribution >= 0.6 is 0 Å². The van der Waals surface area contributed by atoms with Crippen molar-refractivity contribution in [3.63, 3.8) is 0 Å². The van der Waals surface area contributed by atoms with E-state index in [1.165, 1.54) is 10.9 Å². The maximum atomic E-state index is 13.6. The molecule has 4 aromatic rings. The van der Waals surface area contributed by atoms with E-state index in [9.17, 15) is 9.59 Å². The molecule has 6 nitrogen and oxygen atoms in total. The van der Waals surface area contributed by atoms with Crippen molar-refractivity contribution < 1.29 is 14.3 Å². The average molecular weight is 454 g/mol. The fourth-order valence-electron chi connectivity index (χ4n) is 4.94. The molecule has 2 atom stereocenters. The standard InChI is InChI=1S/C28H27N3O3/c1-31-26(18-11-13-20(34-2)14-12-18)25(22-8-3-4-9-23(22)28(31)33)27(32)29-16-15-19-17-30-24-10-6-5-7-21(19)24/h3-14,17,25-26,30H,15-16H2,1-2H3,(H,29,32)/t25-,26-/m1/s1. The first kappa shape index (κ1) is 21.8. The Balaban J connectivity index is 1.43. The van der Waals surface area contributed by atoms with E-state index in [2.05, 4.69) is 16.4 Å². The van der Waals surface area contributed by atoms with Gasteiger partial charge in [-0.05, 0) is 47.4 Å². The van der Waals surface area contributed by atoms with Crippen molar-refractivity contribution in [1.29, 1.82) is 0 Å². The van der Waals surface area contributed by atoms with Gasteiger partial charge in [0.1, 0.15) is 5.75 Å². The smallest absolute Gasteiger partial charge is 0.254 e. The predicted octanol–water partition coefficient (Wildman–Crippen LogP) is 4.45. The number of fused-ring (bicyclic) bond motifs is 2. The summed E-state index contributed by atoms with van der Waals surface area (Å²) in [7, 11) is 3.38. The van der Waals surface area contributed by atoms with E-state index in [-0.39, 0.29) is 11.8 Å². The van der Waals surface area contributed by atoms with Gasteiger partial charge in [-0.2, -0.15) is 0 Å². The van der Waals surface area contributed by atoms with Crippen LogP contribution in [0.3, 0.4) is 0 Å². The number of nitrogens with zero attached hydrogens (tertiary/aromatic N) is 1. The number of para-hydroxylation sites is 1. The van der Waals surface area contributed by atoms with Crippen LogP contribution in [0.15, 0.2) is 79.0 Å². The molecule has 0 fully saturated rings. The number of ether oxygens (including phenoxy) is 1. The van der Waals surface area contributed by atoms with E-state index >= 15 is 0 Å². The topological polar surface area (TPSA) is 74.4 Å². The number of amides is 2. The third-order valence-corrected chi connectivity index (χ3v) is 6.69. The van der Waals surface area contributed by atoms with Crippen LogP contribution in [0, 0.1) is 0 Å². The Morgan fingerprint density at radius 2 is 1.76 bits per heavy atom. The minimum atomic E-state index is -0.518. The number of H-pyrrole nitrogens is 1. The van der Waals surface area contributed by atoms with Crippen molar-refractivity contribution in [3.8, 4) is 5.75 Å². The summed E-state index contributed by atoms with van der Waals surface area (Å²) in [5.41, 5.74) is 4.48. The summed E-state index contributed by atoms with van der Waals surface area (Å²) in [4.78, 5) is 31.7. The van der Waals surface area contributed by atoms with Gasteiger partial charge in [0.2, 0.25) is 5.91 Å². The molecule has 34 heavy (non-hydrogen) atoms. The number of carbonyl (C=O) groups is 2. The van der Waals surface area contributed by atoms with Crippen LogP contribution in [0.4, 0.5) is 0 Å². The average Bonchev–Trinajstić information content (AvgIpc) is 3.29. The fourth-order valence-corrected chi connectivity index (χ4v) is 4.94. The highest BCUT2D eigenvalue weighted by Gasteiger charge is 2.42. The number of aromatic nitrogens is 1. The molecular weight excluding hydrogens is 426 g/mol. The molecule has 6 heteroatoms. The highest BCUT2D eigenvalue weighted by atomic mass is 16.5. The number of nitrogens with one attached hydrogen (secondary N) is 2. The van der Waals surface area contributed by atoms with E-state index in [0.717, 1.165) is 22.4 Å². The number of hydrogen-bond acceptors (Lipinski definition) is 3. The lowest BCUT2D eigenvalue weighted by Gasteiger charge is -2.39. The van der Waals surface area contributed by atoms with Crippen molar-refractivity contribution >= 4 is 22.7 Å². The van der Waals surface area contributed by atoms with E-state index in [0.29, 0.717) is 18.5 Å². The summed E-state index contributed by atoms with van der Waals surface area (Å²) in [5.74, 6) is 0.0376. The normalized spacial score (nSPS) is 17.5. The monoisotopic (exact) mass is 453 g/mol. The molecule has 0 saturated heterocycles. The Hall–Kier alpha value is -4.06. The number of methoxy groups -OCH3 is 1. The molecule has 2 N–H and O–H groups in total. The zero-order valence-corrected chi connectivity index (χ0v) is 19.2. The molecule has 2 amide bonds. The molecule has 1 aliphatic rings. The van der Waals surface area contributed by atoms with Gasteiger partial charge < -0.3 is 19.9 Å². The summed E-state index contributed by atoms with van der Waals surface area (Å²) in [6.07, 6.45) is 2.71. The number of aromatic amines is 1. The summed E-state index contributed by atoms with van der Waals surface area (Å²) >= 11 is 0. The van der Waals surface area contributed by atoms with Crippen molar-refractivity contribution in [2.75, 3.05) is 20.7 Å². The molecule has 0 saturated carbocycles. The maximum Gasteiger partial charge on any atom is 0.254 e. The van der Waals surface area contributed by atoms with Crippen LogP contribution in [0.2, 0.25) is 0 Å². The number of hydrogen-bond donors (Lipinski definition) is 2. The minimum absolute atomic E-state index is 0.0840. The van der Waals surface area contributed by atoms with Gasteiger partial charge in [0, 0.05) is 36.3 Å². The Labute approximate surface area is 198 Å². The summed E-state index contributed by atoms with van der Waals surface area (Å²) in [5, 5.41) is 4.31. The third kappa shape index (κ3) is 3.81. The van der Waals surface area contributed by atoms with Crippen LogP contribution < -0.4 is 10.1 Å². The molecule has 0 unspecified atom stereocenters. The maximum absolute atomic E-state index is 13.6. The molecule has 2 heterocycles. The van der Waals surface area contributed by atoms with Gasteiger partial charge in [-0.15, -0.1) is 0 Å². The Bertz CT molecular complexity index is 1340. The Morgan fingerprint density at radius 3 is 2.56 bits per heavy atom. The van der Waals surface area contributed by atoms with Crippen molar-refractivity contribution in [1.82, 2.24) is 15.2 Å². The second-order valence-corrected chi connectivity index (χ2v) is 8.60. The van der Waals surface area contributed by atoms with Crippen LogP contribution in [0.25, 0.3) is 10.9 Å². The van der Waals surface area contributed by atoms with Crippen LogP contribution in [-0.4, -0.2) is 42.4 Å². The highest BCUT2D eigenvalue weighted by Crippen LogP contribution is 2.42. The molecule has 0 spiro atoms. The Kier molecular flexibility index (Phi) is 5.80. The van der Waals surface area contributed by atoms with Crippen molar-refractivity contribution in [3.05, 3.63) is 101 Å². The summed E-state index contributed by atoms with van der Waals surface area (Å²) in [6.45, 7) is 0.506. The number of benzene rings is 3. The lowest BCUT2D eigenvalue weighted by Crippen LogP contribution is -2.45. The molecule has 5 rings (SSSR count). The zero-order chi connectivity index (χ0) is 23.7. The quantitative estimate of drug-likeness (QED) is 0.453. The summed E-state index contributed by atoms with van der Waals surface area (Å²) in [6, 6.07) is 22.7. The summed E-state index contributed by atoms with van der Waals surface area (Å²) < 4.78 is 5.29. The van der Waals surface area contributed by atoms with Gasteiger partial charge in [0.25, 0.3) is 5.91 Å². The number of likely N-dealkylation sites (N-methyl/N-ethyl adjacent to an activating group) is 1. The van der Waals surface area contributed by atoms with Crippen LogP contribution in [0.1, 0.15) is 39.0 Å². The molecular formula is C28H27N3O3. The first-order valence-corrected chi connectivity index (χ1v) is 11.4.